The van der Waals surface area contributed by atoms with Gasteiger partial charge in [-0.2, -0.15) is 0 Å². The van der Waals surface area contributed by atoms with E-state index < -0.39 is 17.8 Å². The normalized spacial score (nSPS) is 16.7. The summed E-state index contributed by atoms with van der Waals surface area (Å²) < 4.78 is 13.7. The molecule has 0 saturated carbocycles. The Morgan fingerprint density at radius 1 is 1.22 bits per heavy atom. The van der Waals surface area contributed by atoms with Crippen LogP contribution in [0.1, 0.15) is 5.56 Å². The van der Waals surface area contributed by atoms with Crippen LogP contribution >= 0.6 is 35.0 Å². The fourth-order valence-electron chi connectivity index (χ4n) is 2.55. The standard InChI is InChI=1S/C19H15Cl2FN2O2S/c20-13-6-7-14(21)12(9-13)5-8-18(25)24-11-27-10-17(24)19(26)23-16-4-2-1-3-15(16)22/h1-9,17H,10-11H2,(H,23,26)/b8-5+. The molecule has 2 aromatic rings. The van der Waals surface area contributed by atoms with Crippen LogP contribution in [0.4, 0.5) is 10.1 Å². The molecule has 1 N–H and O–H groups in total. The molecule has 140 valence electrons. The highest BCUT2D eigenvalue weighted by molar-refractivity contribution is 7.99. The maximum absolute atomic E-state index is 13.7. The first-order chi connectivity index (χ1) is 13.0. The van der Waals surface area contributed by atoms with Gasteiger partial charge in [0.2, 0.25) is 11.8 Å². The lowest BCUT2D eigenvalue weighted by molar-refractivity contribution is -0.132. The predicted octanol–water partition coefficient (Wildman–Crippen LogP) is 4.69. The number of halogens is 3. The second-order valence-electron chi connectivity index (χ2n) is 5.79. The number of anilines is 1. The van der Waals surface area contributed by atoms with E-state index in [0.29, 0.717) is 27.2 Å². The fraction of sp³-hybridized carbons (Fsp3) is 0.158. The van der Waals surface area contributed by atoms with Gasteiger partial charge < -0.3 is 10.2 Å². The summed E-state index contributed by atoms with van der Waals surface area (Å²) in [5.74, 6) is -0.457. The van der Waals surface area contributed by atoms with E-state index >= 15 is 0 Å². The molecule has 1 atom stereocenters. The second kappa shape index (κ2) is 8.78. The Morgan fingerprint density at radius 2 is 2.00 bits per heavy atom. The molecule has 1 unspecified atom stereocenters. The van der Waals surface area contributed by atoms with Crippen LogP contribution in [-0.4, -0.2) is 34.4 Å². The lowest BCUT2D eigenvalue weighted by Gasteiger charge is -2.21. The first kappa shape index (κ1) is 19.7. The van der Waals surface area contributed by atoms with Crippen molar-refractivity contribution >= 4 is 58.5 Å². The number of thioether (sulfide) groups is 1. The van der Waals surface area contributed by atoms with Crippen LogP contribution < -0.4 is 5.32 Å². The molecule has 1 aliphatic rings. The monoisotopic (exact) mass is 424 g/mol. The van der Waals surface area contributed by atoms with Gasteiger partial charge in [0.15, 0.2) is 0 Å². The van der Waals surface area contributed by atoms with Gasteiger partial charge in [-0.15, -0.1) is 11.8 Å². The molecular formula is C19H15Cl2FN2O2S. The number of rotatable bonds is 4. The van der Waals surface area contributed by atoms with Gasteiger partial charge in [0.05, 0.1) is 11.6 Å². The van der Waals surface area contributed by atoms with Crippen LogP contribution in [-0.2, 0) is 9.59 Å². The Balaban J connectivity index is 1.70. The number of hydrogen-bond acceptors (Lipinski definition) is 3. The first-order valence-electron chi connectivity index (χ1n) is 8.02. The fourth-order valence-corrected chi connectivity index (χ4v) is 4.08. The molecule has 27 heavy (non-hydrogen) atoms. The quantitative estimate of drug-likeness (QED) is 0.724. The number of carbonyl (C=O) groups is 2. The van der Waals surface area contributed by atoms with E-state index in [9.17, 15) is 14.0 Å². The van der Waals surface area contributed by atoms with Crippen molar-refractivity contribution in [3.8, 4) is 0 Å². The number of amides is 2. The number of hydrogen-bond donors (Lipinski definition) is 1. The molecule has 0 aromatic heterocycles. The number of benzene rings is 2. The number of para-hydroxylation sites is 1. The lowest BCUT2D eigenvalue weighted by atomic mass is 10.2. The van der Waals surface area contributed by atoms with Crippen LogP contribution in [0.3, 0.4) is 0 Å². The largest absolute Gasteiger partial charge is 0.322 e. The molecule has 1 heterocycles. The van der Waals surface area contributed by atoms with E-state index in [1.165, 1.54) is 40.9 Å². The van der Waals surface area contributed by atoms with Crippen LogP contribution in [0.15, 0.2) is 48.5 Å². The average molecular weight is 425 g/mol. The maximum Gasteiger partial charge on any atom is 0.248 e. The van der Waals surface area contributed by atoms with E-state index in [4.69, 9.17) is 23.2 Å². The van der Waals surface area contributed by atoms with Gasteiger partial charge in [-0.05, 0) is 42.0 Å². The molecule has 1 aliphatic heterocycles. The second-order valence-corrected chi connectivity index (χ2v) is 7.64. The Bertz CT molecular complexity index is 907. The molecule has 0 aliphatic carbocycles. The summed E-state index contributed by atoms with van der Waals surface area (Å²) in [5, 5.41) is 3.51. The van der Waals surface area contributed by atoms with Crippen molar-refractivity contribution in [2.45, 2.75) is 6.04 Å². The van der Waals surface area contributed by atoms with Gasteiger partial charge in [-0.3, -0.25) is 9.59 Å². The van der Waals surface area contributed by atoms with Gasteiger partial charge >= 0.3 is 0 Å². The zero-order valence-corrected chi connectivity index (χ0v) is 16.3. The molecule has 0 spiro atoms. The van der Waals surface area contributed by atoms with Gasteiger partial charge in [0, 0.05) is 21.9 Å². The van der Waals surface area contributed by atoms with Crippen LogP contribution in [0, 0.1) is 5.82 Å². The third-order valence-electron chi connectivity index (χ3n) is 3.96. The van der Waals surface area contributed by atoms with Crippen molar-refractivity contribution in [3.05, 3.63) is 70.0 Å². The number of nitrogens with zero attached hydrogens (tertiary/aromatic N) is 1. The SMILES string of the molecule is O=C(Nc1ccccc1F)C1CSCN1C(=O)/C=C/c1cc(Cl)ccc1Cl. The summed E-state index contributed by atoms with van der Waals surface area (Å²) >= 11 is 13.5. The minimum atomic E-state index is -0.679. The molecule has 0 bridgehead atoms. The van der Waals surface area contributed by atoms with Crippen molar-refractivity contribution in [1.29, 1.82) is 0 Å². The summed E-state index contributed by atoms with van der Waals surface area (Å²) in [5.41, 5.74) is 0.699. The lowest BCUT2D eigenvalue weighted by Crippen LogP contribution is -2.44. The van der Waals surface area contributed by atoms with Crippen LogP contribution in [0.5, 0.6) is 0 Å². The van der Waals surface area contributed by atoms with Gasteiger partial charge in [0.25, 0.3) is 0 Å². The predicted molar refractivity (Wildman–Crippen MR) is 108 cm³/mol. The smallest absolute Gasteiger partial charge is 0.248 e. The van der Waals surface area contributed by atoms with Crippen LogP contribution in [0.25, 0.3) is 6.08 Å². The third kappa shape index (κ3) is 4.83. The van der Waals surface area contributed by atoms with E-state index in [2.05, 4.69) is 5.32 Å². The Kier molecular flexibility index (Phi) is 6.42. The summed E-state index contributed by atoms with van der Waals surface area (Å²) in [6.07, 6.45) is 2.91. The van der Waals surface area contributed by atoms with Crippen molar-refractivity contribution in [1.82, 2.24) is 4.90 Å². The summed E-state index contributed by atoms with van der Waals surface area (Å²) in [4.78, 5) is 26.5. The highest BCUT2D eigenvalue weighted by Gasteiger charge is 2.34. The summed E-state index contributed by atoms with van der Waals surface area (Å²) in [7, 11) is 0. The van der Waals surface area contributed by atoms with E-state index in [1.807, 2.05) is 0 Å². The minimum absolute atomic E-state index is 0.0908. The molecule has 1 fully saturated rings. The molecule has 8 heteroatoms. The minimum Gasteiger partial charge on any atom is -0.322 e. The molecule has 4 nitrogen and oxygen atoms in total. The van der Waals surface area contributed by atoms with E-state index in [-0.39, 0.29) is 11.6 Å². The molecule has 3 rings (SSSR count). The number of nitrogens with one attached hydrogen (secondary N) is 1. The van der Waals surface area contributed by atoms with Crippen molar-refractivity contribution in [2.24, 2.45) is 0 Å². The molecule has 1 saturated heterocycles. The highest BCUT2D eigenvalue weighted by atomic mass is 35.5. The average Bonchev–Trinajstić information content (AvgIpc) is 3.14. The van der Waals surface area contributed by atoms with E-state index in [1.54, 1.807) is 30.3 Å². The van der Waals surface area contributed by atoms with Crippen molar-refractivity contribution in [3.63, 3.8) is 0 Å². The maximum atomic E-state index is 13.7. The highest BCUT2D eigenvalue weighted by Crippen LogP contribution is 2.25. The third-order valence-corrected chi connectivity index (χ3v) is 5.55. The summed E-state index contributed by atoms with van der Waals surface area (Å²) in [6.45, 7) is 0. The molecular weight excluding hydrogens is 410 g/mol. The van der Waals surface area contributed by atoms with Gasteiger partial charge in [0.1, 0.15) is 11.9 Å². The number of carbonyl (C=O) groups excluding carboxylic acids is 2. The summed E-state index contributed by atoms with van der Waals surface area (Å²) in [6, 6.07) is 10.2. The zero-order valence-electron chi connectivity index (χ0n) is 14.0. The van der Waals surface area contributed by atoms with Gasteiger partial charge in [-0.1, -0.05) is 35.3 Å². The Morgan fingerprint density at radius 3 is 2.78 bits per heavy atom. The van der Waals surface area contributed by atoms with Crippen molar-refractivity contribution in [2.75, 3.05) is 16.9 Å². The van der Waals surface area contributed by atoms with Crippen molar-refractivity contribution < 1.29 is 14.0 Å². The molecule has 2 amide bonds. The zero-order chi connectivity index (χ0) is 19.4. The Hall–Kier alpha value is -2.02. The van der Waals surface area contributed by atoms with Crippen LogP contribution in [0.2, 0.25) is 10.0 Å². The Labute approximate surface area is 170 Å². The first-order valence-corrected chi connectivity index (χ1v) is 9.93. The molecule has 0 radical (unpaired) electrons. The van der Waals surface area contributed by atoms with E-state index in [0.717, 1.165) is 0 Å². The topological polar surface area (TPSA) is 49.4 Å². The molecule has 2 aromatic carbocycles. The van der Waals surface area contributed by atoms with Gasteiger partial charge in [-0.25, -0.2) is 4.39 Å².